The molecule has 52 heavy (non-hydrogen) atoms. The van der Waals surface area contributed by atoms with Gasteiger partial charge in [-0.05, 0) is 83.6 Å². The molecule has 1 aromatic heterocycles. The zero-order chi connectivity index (χ0) is 37.2. The first kappa shape index (κ1) is 37.9. The zero-order valence-electron chi connectivity index (χ0n) is 29.1. The van der Waals surface area contributed by atoms with E-state index in [0.717, 1.165) is 27.9 Å². The van der Waals surface area contributed by atoms with Crippen LogP contribution in [0.5, 0.6) is 0 Å². The molecule has 0 unspecified atom stereocenters. The van der Waals surface area contributed by atoms with Gasteiger partial charge in [0.1, 0.15) is 11.5 Å². The molecular weight excluding hydrogens is 680 g/mol. The summed E-state index contributed by atoms with van der Waals surface area (Å²) < 4.78 is 15.9. The molecule has 0 fully saturated rings. The lowest BCUT2D eigenvalue weighted by Crippen LogP contribution is -2.29. The zero-order valence-corrected chi connectivity index (χ0v) is 29.9. The van der Waals surface area contributed by atoms with E-state index in [9.17, 15) is 24.2 Å². The fourth-order valence-corrected chi connectivity index (χ4v) is 6.40. The van der Waals surface area contributed by atoms with Crippen LogP contribution in [-0.2, 0) is 17.9 Å². The van der Waals surface area contributed by atoms with Crippen molar-refractivity contribution in [3.63, 3.8) is 0 Å². The van der Waals surface area contributed by atoms with Crippen LogP contribution in [-0.4, -0.2) is 49.1 Å². The van der Waals surface area contributed by atoms with Gasteiger partial charge in [0.25, 0.3) is 5.91 Å². The van der Waals surface area contributed by atoms with Gasteiger partial charge in [0.15, 0.2) is 5.11 Å². The average Bonchev–Trinajstić information content (AvgIpc) is 3.60. The maximum absolute atomic E-state index is 14.2. The van der Waals surface area contributed by atoms with Gasteiger partial charge >= 0.3 is 5.97 Å². The molecule has 0 saturated carbocycles. The van der Waals surface area contributed by atoms with Gasteiger partial charge in [-0.25, -0.2) is 4.39 Å². The van der Waals surface area contributed by atoms with E-state index in [0.29, 0.717) is 34.2 Å². The summed E-state index contributed by atoms with van der Waals surface area (Å²) in [5, 5.41) is 39.7. The van der Waals surface area contributed by atoms with Gasteiger partial charge in [0.2, 0.25) is 0 Å². The van der Waals surface area contributed by atoms with Crippen LogP contribution in [0.15, 0.2) is 109 Å². The van der Waals surface area contributed by atoms with Crippen molar-refractivity contribution >= 4 is 40.6 Å². The molecule has 9 nitrogen and oxygen atoms in total. The molecule has 1 heterocycles. The molecule has 0 saturated heterocycles. The topological polar surface area (TPSA) is 136 Å². The maximum Gasteiger partial charge on any atom is 0.305 e. The number of nitrogens with one attached hydrogen (secondary N) is 3. The number of hydrogen-bond acceptors (Lipinski definition) is 5. The number of aryl methyl sites for hydroxylation is 1. The molecule has 4 aromatic carbocycles. The van der Waals surface area contributed by atoms with E-state index in [-0.39, 0.29) is 37.0 Å². The van der Waals surface area contributed by atoms with Gasteiger partial charge < -0.3 is 35.8 Å². The number of halogens is 1. The molecule has 5 rings (SSSR count). The first-order chi connectivity index (χ1) is 25.0. The highest BCUT2D eigenvalue weighted by Gasteiger charge is 2.25. The van der Waals surface area contributed by atoms with E-state index in [4.69, 9.17) is 17.3 Å². The SMILES string of the molecule is CC(C)c1c(NC(=S)NCc2ccccc2)c(-c2ccc(F)cc2)cc(NC(=O)c2cccn2CC[C@@H](O)C[C@@H](O)CC(=O)O)c1-c1ccccc1. The lowest BCUT2D eigenvalue weighted by molar-refractivity contribution is -0.139. The van der Waals surface area contributed by atoms with Crippen LogP contribution >= 0.6 is 12.2 Å². The minimum atomic E-state index is -1.17. The van der Waals surface area contributed by atoms with Gasteiger partial charge in [0, 0.05) is 36.1 Å². The number of nitrogens with zero attached hydrogens (tertiary/aromatic N) is 1. The number of thiocarbonyl (C=S) groups is 1. The molecular formula is C41H43FN4O5S. The lowest BCUT2D eigenvalue weighted by atomic mass is 9.85. The van der Waals surface area contributed by atoms with Crippen LogP contribution < -0.4 is 16.0 Å². The molecule has 2 atom stereocenters. The van der Waals surface area contributed by atoms with E-state index in [1.54, 1.807) is 35.0 Å². The van der Waals surface area contributed by atoms with E-state index >= 15 is 0 Å². The molecule has 0 aliphatic heterocycles. The van der Waals surface area contributed by atoms with E-state index in [1.165, 1.54) is 12.1 Å². The second-order valence-electron chi connectivity index (χ2n) is 12.9. The second kappa shape index (κ2) is 17.7. The highest BCUT2D eigenvalue weighted by molar-refractivity contribution is 7.80. The molecule has 0 bridgehead atoms. The maximum atomic E-state index is 14.2. The Labute approximate surface area is 308 Å². The quantitative estimate of drug-likeness (QED) is 0.0603. The summed E-state index contributed by atoms with van der Waals surface area (Å²) in [6.45, 7) is 4.90. The lowest BCUT2D eigenvalue weighted by Gasteiger charge is -2.26. The number of amides is 1. The molecule has 0 radical (unpaired) electrons. The fourth-order valence-electron chi connectivity index (χ4n) is 6.23. The Morgan fingerprint density at radius 1 is 0.846 bits per heavy atom. The van der Waals surface area contributed by atoms with Crippen LogP contribution in [0.3, 0.4) is 0 Å². The minimum Gasteiger partial charge on any atom is -0.481 e. The number of carbonyl (C=O) groups is 2. The summed E-state index contributed by atoms with van der Waals surface area (Å²) in [5.74, 6) is -1.97. The number of aliphatic hydroxyl groups excluding tert-OH is 2. The molecule has 0 aliphatic rings. The van der Waals surface area contributed by atoms with Crippen molar-refractivity contribution in [2.75, 3.05) is 10.6 Å². The normalized spacial score (nSPS) is 12.3. The molecule has 11 heteroatoms. The van der Waals surface area contributed by atoms with E-state index < -0.39 is 24.6 Å². The van der Waals surface area contributed by atoms with Crippen molar-refractivity contribution in [2.24, 2.45) is 0 Å². The van der Waals surface area contributed by atoms with Gasteiger partial charge in [-0.15, -0.1) is 0 Å². The number of aliphatic hydroxyl groups is 2. The first-order valence-electron chi connectivity index (χ1n) is 17.2. The standard InChI is InChI=1S/C41H43FN4O5S/c1-26(2)37-38(29-12-7-4-8-13-29)34(44-40(51)35-14-9-20-46(35)21-19-31(47)22-32(48)23-36(49)50)24-33(28-15-17-30(42)18-16-28)39(37)45-41(52)43-25-27-10-5-3-6-11-27/h3-18,20,24,26,31-32,47-48H,19,21-23,25H2,1-2H3,(H,44,51)(H,49,50)(H2,43,45,52)/t31-,32-/m1/s1. The fraction of sp³-hybridized carbons (Fsp3) is 0.244. The summed E-state index contributed by atoms with van der Waals surface area (Å²) in [5.41, 5.74) is 6.67. The number of aromatic nitrogens is 1. The Kier molecular flexibility index (Phi) is 12.9. The van der Waals surface area contributed by atoms with Crippen LogP contribution in [0, 0.1) is 5.82 Å². The monoisotopic (exact) mass is 722 g/mol. The first-order valence-corrected chi connectivity index (χ1v) is 17.6. The van der Waals surface area contributed by atoms with Gasteiger partial charge in [0.05, 0.1) is 24.3 Å². The predicted octanol–water partition coefficient (Wildman–Crippen LogP) is 7.80. The number of aliphatic carboxylic acids is 1. The van der Waals surface area contributed by atoms with Crippen LogP contribution in [0.2, 0.25) is 0 Å². The Hall–Kier alpha value is -5.36. The van der Waals surface area contributed by atoms with Gasteiger partial charge in [-0.3, -0.25) is 9.59 Å². The van der Waals surface area contributed by atoms with Crippen molar-refractivity contribution in [2.45, 2.75) is 64.3 Å². The van der Waals surface area contributed by atoms with Crippen molar-refractivity contribution in [1.29, 1.82) is 0 Å². The van der Waals surface area contributed by atoms with Gasteiger partial charge in [-0.1, -0.05) is 86.6 Å². The number of carbonyl (C=O) groups excluding carboxylic acids is 1. The number of anilines is 2. The van der Waals surface area contributed by atoms with Gasteiger partial charge in [-0.2, -0.15) is 0 Å². The third kappa shape index (κ3) is 9.91. The predicted molar refractivity (Wildman–Crippen MR) is 207 cm³/mol. The number of hydrogen-bond donors (Lipinski definition) is 6. The van der Waals surface area contributed by atoms with E-state index in [2.05, 4.69) is 29.8 Å². The Morgan fingerprint density at radius 2 is 1.52 bits per heavy atom. The smallest absolute Gasteiger partial charge is 0.305 e. The number of carboxylic acids is 1. The van der Waals surface area contributed by atoms with Crippen molar-refractivity contribution in [3.8, 4) is 22.3 Å². The molecule has 5 aromatic rings. The second-order valence-corrected chi connectivity index (χ2v) is 13.3. The molecule has 0 aliphatic carbocycles. The van der Waals surface area contributed by atoms with Crippen molar-refractivity contribution in [3.05, 3.63) is 132 Å². The molecule has 270 valence electrons. The Balaban J connectivity index is 1.54. The molecule has 0 spiro atoms. The highest BCUT2D eigenvalue weighted by atomic mass is 32.1. The molecule has 1 amide bonds. The summed E-state index contributed by atoms with van der Waals surface area (Å²) >= 11 is 5.81. The Morgan fingerprint density at radius 3 is 2.17 bits per heavy atom. The van der Waals surface area contributed by atoms with Crippen molar-refractivity contribution < 1.29 is 29.3 Å². The number of carboxylic acid groups (broad SMARTS) is 1. The number of benzene rings is 4. The largest absolute Gasteiger partial charge is 0.481 e. The minimum absolute atomic E-state index is 0.0625. The highest BCUT2D eigenvalue weighted by Crippen LogP contribution is 2.46. The van der Waals surface area contributed by atoms with Crippen LogP contribution in [0.25, 0.3) is 22.3 Å². The van der Waals surface area contributed by atoms with Crippen LogP contribution in [0.1, 0.15) is 60.6 Å². The summed E-state index contributed by atoms with van der Waals surface area (Å²) in [7, 11) is 0. The molecule has 6 N–H and O–H groups in total. The van der Waals surface area contributed by atoms with Crippen LogP contribution in [0.4, 0.5) is 15.8 Å². The van der Waals surface area contributed by atoms with Crippen molar-refractivity contribution in [1.82, 2.24) is 9.88 Å². The third-order valence-corrected chi connectivity index (χ3v) is 8.91. The Bertz CT molecular complexity index is 1980. The third-order valence-electron chi connectivity index (χ3n) is 8.66. The average molecular weight is 723 g/mol. The summed E-state index contributed by atoms with van der Waals surface area (Å²) in [4.78, 5) is 25.0. The summed E-state index contributed by atoms with van der Waals surface area (Å²) in [6.07, 6.45) is -0.754. The summed E-state index contributed by atoms with van der Waals surface area (Å²) in [6, 6.07) is 31.1. The van der Waals surface area contributed by atoms with E-state index in [1.807, 2.05) is 66.7 Å². The number of rotatable bonds is 15.